The van der Waals surface area contributed by atoms with Crippen molar-refractivity contribution in [3.63, 3.8) is 0 Å². The Morgan fingerprint density at radius 1 is 1.40 bits per heavy atom. The number of aromatic nitrogens is 2. The maximum atomic E-state index is 11.7. The standard InChI is InChI=1S/C15H19N3O2/c1-4-20-15(19)14-13(16)9-18(17-14)8-12-7-10(2)5-6-11(12)3/h5-7,9H,4,8,16H2,1-3H3. The van der Waals surface area contributed by atoms with Crippen LogP contribution >= 0.6 is 0 Å². The predicted molar refractivity (Wildman–Crippen MR) is 77.6 cm³/mol. The van der Waals surface area contributed by atoms with E-state index in [1.165, 1.54) is 11.1 Å². The second kappa shape index (κ2) is 5.77. The molecule has 2 N–H and O–H groups in total. The summed E-state index contributed by atoms with van der Waals surface area (Å²) in [4.78, 5) is 11.7. The highest BCUT2D eigenvalue weighted by Crippen LogP contribution is 2.15. The minimum atomic E-state index is -0.482. The molecule has 2 aromatic rings. The van der Waals surface area contributed by atoms with E-state index in [4.69, 9.17) is 10.5 Å². The Hall–Kier alpha value is -2.30. The SMILES string of the molecule is CCOC(=O)c1nn(Cc2cc(C)ccc2C)cc1N. The topological polar surface area (TPSA) is 70.1 Å². The Bertz CT molecular complexity index is 632. The monoisotopic (exact) mass is 273 g/mol. The van der Waals surface area contributed by atoms with Gasteiger partial charge in [0.25, 0.3) is 0 Å². The van der Waals surface area contributed by atoms with Crippen LogP contribution in [0, 0.1) is 13.8 Å². The van der Waals surface area contributed by atoms with Crippen LogP contribution in [-0.4, -0.2) is 22.4 Å². The van der Waals surface area contributed by atoms with Gasteiger partial charge in [-0.1, -0.05) is 23.8 Å². The fourth-order valence-electron chi connectivity index (χ4n) is 2.02. The normalized spacial score (nSPS) is 10.6. The van der Waals surface area contributed by atoms with Crippen LogP contribution in [0.15, 0.2) is 24.4 Å². The number of hydrogen-bond acceptors (Lipinski definition) is 4. The fraction of sp³-hybridized carbons (Fsp3) is 0.333. The Balaban J connectivity index is 2.24. The number of nitrogens with two attached hydrogens (primary N) is 1. The molecular formula is C15H19N3O2. The number of nitrogen functional groups attached to an aromatic ring is 1. The summed E-state index contributed by atoms with van der Waals surface area (Å²) in [5.74, 6) is -0.482. The van der Waals surface area contributed by atoms with Gasteiger partial charge < -0.3 is 10.5 Å². The first-order chi connectivity index (χ1) is 9.51. The van der Waals surface area contributed by atoms with E-state index in [0.717, 1.165) is 5.56 Å². The number of anilines is 1. The molecular weight excluding hydrogens is 254 g/mol. The molecule has 0 unspecified atom stereocenters. The molecule has 2 rings (SSSR count). The van der Waals surface area contributed by atoms with Crippen LogP contribution in [0.5, 0.6) is 0 Å². The molecule has 0 aliphatic carbocycles. The average molecular weight is 273 g/mol. The van der Waals surface area contributed by atoms with Gasteiger partial charge in [-0.05, 0) is 31.9 Å². The van der Waals surface area contributed by atoms with Gasteiger partial charge in [-0.2, -0.15) is 5.10 Å². The molecule has 1 heterocycles. The van der Waals surface area contributed by atoms with E-state index in [0.29, 0.717) is 18.8 Å². The molecule has 20 heavy (non-hydrogen) atoms. The lowest BCUT2D eigenvalue weighted by Crippen LogP contribution is -2.09. The lowest BCUT2D eigenvalue weighted by atomic mass is 10.1. The lowest BCUT2D eigenvalue weighted by molar-refractivity contribution is 0.0519. The van der Waals surface area contributed by atoms with Gasteiger partial charge in [-0.15, -0.1) is 0 Å². The van der Waals surface area contributed by atoms with Crippen molar-refractivity contribution in [3.8, 4) is 0 Å². The van der Waals surface area contributed by atoms with Gasteiger partial charge in [0.15, 0.2) is 5.69 Å². The Morgan fingerprint density at radius 3 is 2.85 bits per heavy atom. The number of nitrogens with zero attached hydrogens (tertiary/aromatic N) is 2. The molecule has 0 atom stereocenters. The minimum Gasteiger partial charge on any atom is -0.461 e. The van der Waals surface area contributed by atoms with E-state index in [9.17, 15) is 4.79 Å². The van der Waals surface area contributed by atoms with Crippen LogP contribution in [0.2, 0.25) is 0 Å². The van der Waals surface area contributed by atoms with Gasteiger partial charge in [-0.3, -0.25) is 4.68 Å². The van der Waals surface area contributed by atoms with E-state index in [-0.39, 0.29) is 5.69 Å². The van der Waals surface area contributed by atoms with Gasteiger partial charge in [0.05, 0.1) is 18.8 Å². The maximum absolute atomic E-state index is 11.7. The van der Waals surface area contributed by atoms with Crippen molar-refractivity contribution >= 4 is 11.7 Å². The van der Waals surface area contributed by atoms with Crippen molar-refractivity contribution in [3.05, 3.63) is 46.8 Å². The molecule has 0 aliphatic rings. The summed E-state index contributed by atoms with van der Waals surface area (Å²) < 4.78 is 6.59. The second-order valence-electron chi connectivity index (χ2n) is 4.78. The minimum absolute atomic E-state index is 0.178. The number of carbonyl (C=O) groups excluding carboxylic acids is 1. The van der Waals surface area contributed by atoms with Crippen LogP contribution in [0.1, 0.15) is 34.1 Å². The van der Waals surface area contributed by atoms with E-state index in [1.807, 2.05) is 13.8 Å². The largest absolute Gasteiger partial charge is 0.461 e. The number of carbonyl (C=O) groups is 1. The van der Waals surface area contributed by atoms with E-state index >= 15 is 0 Å². The van der Waals surface area contributed by atoms with Gasteiger partial charge in [0, 0.05) is 6.20 Å². The Labute approximate surface area is 118 Å². The molecule has 0 aliphatic heterocycles. The third-order valence-electron chi connectivity index (χ3n) is 3.10. The highest BCUT2D eigenvalue weighted by atomic mass is 16.5. The molecule has 0 amide bonds. The molecule has 0 bridgehead atoms. The fourth-order valence-corrected chi connectivity index (χ4v) is 2.02. The van der Waals surface area contributed by atoms with Crippen LogP contribution in [-0.2, 0) is 11.3 Å². The first-order valence-corrected chi connectivity index (χ1v) is 6.57. The van der Waals surface area contributed by atoms with Gasteiger partial charge in [0.2, 0.25) is 0 Å². The van der Waals surface area contributed by atoms with Crippen LogP contribution < -0.4 is 5.73 Å². The summed E-state index contributed by atoms with van der Waals surface area (Å²) in [6, 6.07) is 6.25. The first-order valence-electron chi connectivity index (χ1n) is 6.57. The quantitative estimate of drug-likeness (QED) is 0.868. The smallest absolute Gasteiger partial charge is 0.361 e. The molecule has 106 valence electrons. The summed E-state index contributed by atoms with van der Waals surface area (Å²) >= 11 is 0. The second-order valence-corrected chi connectivity index (χ2v) is 4.78. The zero-order chi connectivity index (χ0) is 14.7. The zero-order valence-corrected chi connectivity index (χ0v) is 12.0. The molecule has 1 aromatic heterocycles. The number of hydrogen-bond donors (Lipinski definition) is 1. The highest BCUT2D eigenvalue weighted by molar-refractivity contribution is 5.92. The van der Waals surface area contributed by atoms with Crippen LogP contribution in [0.25, 0.3) is 0 Å². The number of esters is 1. The van der Waals surface area contributed by atoms with Crippen LogP contribution in [0.4, 0.5) is 5.69 Å². The number of ether oxygens (including phenoxy) is 1. The van der Waals surface area contributed by atoms with Gasteiger partial charge in [0.1, 0.15) is 0 Å². The third kappa shape index (κ3) is 2.99. The summed E-state index contributed by atoms with van der Waals surface area (Å²) in [6.45, 7) is 6.73. The summed E-state index contributed by atoms with van der Waals surface area (Å²) in [7, 11) is 0. The summed E-state index contributed by atoms with van der Waals surface area (Å²) in [6.07, 6.45) is 1.66. The third-order valence-corrected chi connectivity index (χ3v) is 3.10. The van der Waals surface area contributed by atoms with Gasteiger partial charge in [-0.25, -0.2) is 4.79 Å². The number of rotatable bonds is 4. The van der Waals surface area contributed by atoms with E-state index < -0.39 is 5.97 Å². The van der Waals surface area contributed by atoms with Crippen LogP contribution in [0.3, 0.4) is 0 Å². The maximum Gasteiger partial charge on any atom is 0.361 e. The van der Waals surface area contributed by atoms with Crippen molar-refractivity contribution < 1.29 is 9.53 Å². The number of benzene rings is 1. The van der Waals surface area contributed by atoms with E-state index in [1.54, 1.807) is 17.8 Å². The van der Waals surface area contributed by atoms with Crippen molar-refractivity contribution in [2.75, 3.05) is 12.3 Å². The van der Waals surface area contributed by atoms with Crippen molar-refractivity contribution in [2.24, 2.45) is 0 Å². The first kappa shape index (κ1) is 14.1. The molecule has 5 nitrogen and oxygen atoms in total. The molecule has 0 saturated carbocycles. The zero-order valence-electron chi connectivity index (χ0n) is 12.0. The van der Waals surface area contributed by atoms with E-state index in [2.05, 4.69) is 23.3 Å². The summed E-state index contributed by atoms with van der Waals surface area (Å²) in [5.41, 5.74) is 9.86. The average Bonchev–Trinajstić information content (AvgIpc) is 2.75. The molecule has 0 spiro atoms. The lowest BCUT2D eigenvalue weighted by Gasteiger charge is -2.07. The molecule has 0 fully saturated rings. The Morgan fingerprint density at radius 2 is 2.15 bits per heavy atom. The van der Waals surface area contributed by atoms with Gasteiger partial charge >= 0.3 is 5.97 Å². The highest BCUT2D eigenvalue weighted by Gasteiger charge is 2.16. The summed E-state index contributed by atoms with van der Waals surface area (Å²) in [5, 5.41) is 4.21. The van der Waals surface area contributed by atoms with Crippen molar-refractivity contribution in [2.45, 2.75) is 27.3 Å². The molecule has 1 aromatic carbocycles. The Kier molecular flexibility index (Phi) is 4.08. The van der Waals surface area contributed by atoms with Crippen molar-refractivity contribution in [1.29, 1.82) is 0 Å². The number of aryl methyl sites for hydroxylation is 2. The molecule has 5 heteroatoms. The molecule has 0 saturated heterocycles. The predicted octanol–water partition coefficient (Wildman–Crippen LogP) is 2.31. The molecule has 0 radical (unpaired) electrons. The van der Waals surface area contributed by atoms with Crippen molar-refractivity contribution in [1.82, 2.24) is 9.78 Å².